The number of carbonyl (C=O) groups is 1. The molecule has 3 aliphatic rings. The van der Waals surface area contributed by atoms with Crippen molar-refractivity contribution in [1.82, 2.24) is 14.7 Å². The molecule has 0 atom stereocenters. The Bertz CT molecular complexity index is 1170. The summed E-state index contributed by atoms with van der Waals surface area (Å²) >= 11 is 0. The van der Waals surface area contributed by atoms with E-state index in [1.165, 1.54) is 58.7 Å². The predicted octanol–water partition coefficient (Wildman–Crippen LogP) is 4.95. The Morgan fingerprint density at radius 3 is 2.32 bits per heavy atom. The minimum Gasteiger partial charge on any atom is -0.339 e. The van der Waals surface area contributed by atoms with Gasteiger partial charge in [-0.1, -0.05) is 67.4 Å². The molecule has 2 aliphatic heterocycles. The molecular weight excluding hydrogens is 418 g/mol. The van der Waals surface area contributed by atoms with Gasteiger partial charge < -0.3 is 4.90 Å². The first-order valence-corrected chi connectivity index (χ1v) is 13.1. The Morgan fingerprint density at radius 2 is 1.50 bits per heavy atom. The normalized spacial score (nSPS) is 20.1. The van der Waals surface area contributed by atoms with Crippen LogP contribution in [0.15, 0.2) is 60.7 Å². The van der Waals surface area contributed by atoms with Crippen molar-refractivity contribution < 1.29 is 4.79 Å². The molecule has 1 amide bonds. The molecule has 0 unspecified atom stereocenters. The number of amides is 1. The molecule has 176 valence electrons. The van der Waals surface area contributed by atoms with Gasteiger partial charge in [-0.15, -0.1) is 0 Å². The average Bonchev–Trinajstić information content (AvgIpc) is 3.43. The first-order chi connectivity index (χ1) is 16.7. The second-order valence-corrected chi connectivity index (χ2v) is 10.4. The molecule has 0 aromatic heterocycles. The van der Waals surface area contributed by atoms with E-state index < -0.39 is 0 Å². The van der Waals surface area contributed by atoms with Crippen LogP contribution < -0.4 is 0 Å². The van der Waals surface area contributed by atoms with Gasteiger partial charge in [0.2, 0.25) is 5.91 Å². The van der Waals surface area contributed by atoms with Crippen LogP contribution in [0.4, 0.5) is 0 Å². The third kappa shape index (κ3) is 4.49. The Hall–Kier alpha value is -2.69. The van der Waals surface area contributed by atoms with Crippen LogP contribution in [0.3, 0.4) is 0 Å². The van der Waals surface area contributed by atoms with Crippen molar-refractivity contribution in [3.63, 3.8) is 0 Å². The zero-order valence-electron chi connectivity index (χ0n) is 20.1. The maximum atomic E-state index is 13.0. The minimum atomic E-state index is 0.308. The van der Waals surface area contributed by atoms with E-state index >= 15 is 0 Å². The van der Waals surface area contributed by atoms with E-state index in [2.05, 4.69) is 75.4 Å². The quantitative estimate of drug-likeness (QED) is 0.559. The molecule has 6 rings (SSSR count). The van der Waals surface area contributed by atoms with Crippen molar-refractivity contribution in [3.05, 3.63) is 71.8 Å². The fraction of sp³-hybridized carbons (Fsp3) is 0.433. The Labute approximate surface area is 203 Å². The van der Waals surface area contributed by atoms with E-state index in [0.29, 0.717) is 12.5 Å². The number of carbonyl (C=O) groups excluding carboxylic acids is 1. The van der Waals surface area contributed by atoms with Crippen molar-refractivity contribution >= 4 is 16.7 Å². The van der Waals surface area contributed by atoms with Crippen LogP contribution >= 0.6 is 0 Å². The molecule has 4 heteroatoms. The molecule has 3 aromatic carbocycles. The number of piperazine rings is 1. The average molecular weight is 454 g/mol. The van der Waals surface area contributed by atoms with Gasteiger partial charge in [-0.3, -0.25) is 14.6 Å². The molecule has 1 aliphatic carbocycles. The summed E-state index contributed by atoms with van der Waals surface area (Å²) in [5, 5.41) is 2.57. The fourth-order valence-corrected chi connectivity index (χ4v) is 6.19. The zero-order valence-corrected chi connectivity index (χ0v) is 20.1. The standard InChI is InChI=1S/C30H35N3O/c34-30(33-17-15-32(16-18-33)29-7-3-4-8-29)22-31-14-13-27-20-26(11-12-28(27)21-31)25-10-9-23-5-1-2-6-24(23)19-25/h1-2,5-6,9-12,19-20,29H,3-4,7-8,13-18,21-22H2. The highest BCUT2D eigenvalue weighted by atomic mass is 16.2. The van der Waals surface area contributed by atoms with E-state index in [9.17, 15) is 4.79 Å². The summed E-state index contributed by atoms with van der Waals surface area (Å²) in [6.07, 6.45) is 6.47. The van der Waals surface area contributed by atoms with Crippen LogP contribution in [0.5, 0.6) is 0 Å². The number of benzene rings is 3. The topological polar surface area (TPSA) is 26.8 Å². The lowest BCUT2D eigenvalue weighted by molar-refractivity contribution is -0.134. The van der Waals surface area contributed by atoms with Gasteiger partial charge in [0.15, 0.2) is 0 Å². The van der Waals surface area contributed by atoms with Crippen LogP contribution in [-0.2, 0) is 17.8 Å². The van der Waals surface area contributed by atoms with Gasteiger partial charge in [0.25, 0.3) is 0 Å². The monoisotopic (exact) mass is 453 g/mol. The van der Waals surface area contributed by atoms with Gasteiger partial charge in [0, 0.05) is 45.3 Å². The highest BCUT2D eigenvalue weighted by molar-refractivity contribution is 5.87. The van der Waals surface area contributed by atoms with Crippen LogP contribution in [0.2, 0.25) is 0 Å². The molecule has 0 bridgehead atoms. The summed E-state index contributed by atoms with van der Waals surface area (Å²) in [6.45, 7) is 6.29. The summed E-state index contributed by atoms with van der Waals surface area (Å²) in [6, 6.07) is 22.9. The van der Waals surface area contributed by atoms with E-state index in [-0.39, 0.29) is 0 Å². The SMILES string of the molecule is O=C(CN1CCc2cc(-c3ccc4ccccc4c3)ccc2C1)N1CCN(C2CCCC2)CC1. The third-order valence-corrected chi connectivity index (χ3v) is 8.25. The molecule has 0 N–H and O–H groups in total. The first kappa shape index (κ1) is 21.8. The molecule has 0 spiro atoms. The Balaban J connectivity index is 1.07. The van der Waals surface area contributed by atoms with Crippen LogP contribution in [0, 0.1) is 0 Å². The maximum absolute atomic E-state index is 13.0. The number of hydrogen-bond acceptors (Lipinski definition) is 3. The largest absolute Gasteiger partial charge is 0.339 e. The van der Waals surface area contributed by atoms with Crippen molar-refractivity contribution in [2.75, 3.05) is 39.3 Å². The summed E-state index contributed by atoms with van der Waals surface area (Å²) in [4.78, 5) is 20.1. The van der Waals surface area contributed by atoms with E-state index in [1.54, 1.807) is 0 Å². The van der Waals surface area contributed by atoms with E-state index in [1.807, 2.05) is 0 Å². The summed E-state index contributed by atoms with van der Waals surface area (Å²) < 4.78 is 0. The molecule has 34 heavy (non-hydrogen) atoms. The molecule has 2 fully saturated rings. The zero-order chi connectivity index (χ0) is 22.9. The maximum Gasteiger partial charge on any atom is 0.236 e. The van der Waals surface area contributed by atoms with Gasteiger partial charge in [0.1, 0.15) is 0 Å². The number of rotatable bonds is 4. The molecule has 0 radical (unpaired) electrons. The Morgan fingerprint density at radius 1 is 0.765 bits per heavy atom. The van der Waals surface area contributed by atoms with Crippen LogP contribution in [-0.4, -0.2) is 65.9 Å². The third-order valence-electron chi connectivity index (χ3n) is 8.25. The van der Waals surface area contributed by atoms with Crippen molar-refractivity contribution in [1.29, 1.82) is 0 Å². The fourth-order valence-electron chi connectivity index (χ4n) is 6.19. The lowest BCUT2D eigenvalue weighted by Crippen LogP contribution is -2.53. The smallest absolute Gasteiger partial charge is 0.236 e. The molecule has 1 saturated carbocycles. The lowest BCUT2D eigenvalue weighted by Gasteiger charge is -2.39. The van der Waals surface area contributed by atoms with Gasteiger partial charge in [-0.05, 0) is 58.4 Å². The molecule has 2 heterocycles. The lowest BCUT2D eigenvalue weighted by atomic mass is 9.93. The van der Waals surface area contributed by atoms with Crippen molar-refractivity contribution in [2.24, 2.45) is 0 Å². The first-order valence-electron chi connectivity index (χ1n) is 13.1. The molecule has 1 saturated heterocycles. The number of fused-ring (bicyclic) bond motifs is 2. The summed E-state index contributed by atoms with van der Waals surface area (Å²) in [7, 11) is 0. The molecule has 4 nitrogen and oxygen atoms in total. The van der Waals surface area contributed by atoms with Gasteiger partial charge in [0.05, 0.1) is 6.54 Å². The van der Waals surface area contributed by atoms with E-state index in [0.717, 1.165) is 51.7 Å². The van der Waals surface area contributed by atoms with Gasteiger partial charge in [-0.2, -0.15) is 0 Å². The number of hydrogen-bond donors (Lipinski definition) is 0. The van der Waals surface area contributed by atoms with Crippen LogP contribution in [0.1, 0.15) is 36.8 Å². The summed E-state index contributed by atoms with van der Waals surface area (Å²) in [5.41, 5.74) is 5.36. The highest BCUT2D eigenvalue weighted by Crippen LogP contribution is 2.29. The second-order valence-electron chi connectivity index (χ2n) is 10.4. The van der Waals surface area contributed by atoms with Crippen LogP contribution in [0.25, 0.3) is 21.9 Å². The highest BCUT2D eigenvalue weighted by Gasteiger charge is 2.29. The molecule has 3 aromatic rings. The molecular formula is C30H35N3O. The Kier molecular flexibility index (Phi) is 6.11. The van der Waals surface area contributed by atoms with E-state index in [4.69, 9.17) is 0 Å². The minimum absolute atomic E-state index is 0.308. The predicted molar refractivity (Wildman–Crippen MR) is 139 cm³/mol. The number of nitrogens with zero attached hydrogens (tertiary/aromatic N) is 3. The second kappa shape index (κ2) is 9.52. The van der Waals surface area contributed by atoms with Gasteiger partial charge in [-0.25, -0.2) is 0 Å². The van der Waals surface area contributed by atoms with Gasteiger partial charge >= 0.3 is 0 Å². The van der Waals surface area contributed by atoms with Crippen molar-refractivity contribution in [3.8, 4) is 11.1 Å². The van der Waals surface area contributed by atoms with Crippen molar-refractivity contribution in [2.45, 2.75) is 44.7 Å². The summed E-state index contributed by atoms with van der Waals surface area (Å²) in [5.74, 6) is 0.308.